The Hall–Kier alpha value is -3.09. The molecule has 1 aromatic carbocycles. The fourth-order valence-corrected chi connectivity index (χ4v) is 5.25. The number of hydrogen-bond acceptors (Lipinski definition) is 7. The van der Waals surface area contributed by atoms with E-state index in [-0.39, 0.29) is 18.4 Å². The Labute approximate surface area is 220 Å². The van der Waals surface area contributed by atoms with Crippen molar-refractivity contribution in [2.75, 3.05) is 10.6 Å². The molecule has 0 bridgehead atoms. The van der Waals surface area contributed by atoms with Crippen LogP contribution in [0.2, 0.25) is 10.0 Å². The first-order valence-corrected chi connectivity index (χ1v) is 13.1. The van der Waals surface area contributed by atoms with Crippen molar-refractivity contribution < 1.29 is 4.79 Å². The number of anilines is 3. The van der Waals surface area contributed by atoms with Gasteiger partial charge in [0.1, 0.15) is 5.52 Å². The van der Waals surface area contributed by atoms with Crippen molar-refractivity contribution in [3.8, 4) is 6.07 Å². The molecule has 190 valence electrons. The van der Waals surface area contributed by atoms with Crippen molar-refractivity contribution in [1.29, 1.82) is 5.26 Å². The van der Waals surface area contributed by atoms with E-state index in [1.54, 1.807) is 18.3 Å². The second-order valence-corrected chi connectivity index (χ2v) is 10.0. The summed E-state index contributed by atoms with van der Waals surface area (Å²) in [7, 11) is 0. The normalized spacial score (nSPS) is 14.6. The number of rotatable bonds is 11. The van der Waals surface area contributed by atoms with Gasteiger partial charge >= 0.3 is 0 Å². The number of nitrogens with two attached hydrogens (primary N) is 1. The van der Waals surface area contributed by atoms with Crippen LogP contribution in [0.4, 0.5) is 17.6 Å². The van der Waals surface area contributed by atoms with E-state index in [2.05, 4.69) is 28.6 Å². The van der Waals surface area contributed by atoms with Crippen molar-refractivity contribution in [1.82, 2.24) is 19.5 Å². The van der Waals surface area contributed by atoms with Crippen molar-refractivity contribution in [3.05, 3.63) is 33.9 Å². The van der Waals surface area contributed by atoms with Gasteiger partial charge in [0, 0.05) is 18.5 Å². The highest BCUT2D eigenvalue weighted by molar-refractivity contribution is 6.39. The average molecular weight is 529 g/mol. The molecule has 2 aromatic heterocycles. The minimum absolute atomic E-state index is 0.0879. The first-order valence-electron chi connectivity index (χ1n) is 12.4. The maximum Gasteiger partial charge on any atom is 0.224 e. The topological polar surface area (TPSA) is 135 Å². The minimum Gasteiger partial charge on any atom is -0.370 e. The standard InChI is InChI=1S/C25H30Cl2N8O/c1-2-3-8-17(9-10-21(29)36)35-23-20(14-30-24(34-23)31-16-6-4-5-7-16)32-25(35)33-22-18(26)11-15(13-28)12-19(22)27/h11-12,14,16-17H,2-10H2,1H3,(H2,29,36)(H,32,33)(H,30,31,34)/t17-/m0/s1. The zero-order chi connectivity index (χ0) is 25.7. The monoisotopic (exact) mass is 528 g/mol. The van der Waals surface area contributed by atoms with E-state index in [0.717, 1.165) is 32.1 Å². The molecule has 1 fully saturated rings. The van der Waals surface area contributed by atoms with Gasteiger partial charge in [0.25, 0.3) is 0 Å². The van der Waals surface area contributed by atoms with Crippen LogP contribution < -0.4 is 16.4 Å². The van der Waals surface area contributed by atoms with Crippen LogP contribution in [0, 0.1) is 11.3 Å². The number of nitriles is 1. The molecular formula is C25H30Cl2N8O. The maximum absolute atomic E-state index is 11.7. The predicted molar refractivity (Wildman–Crippen MR) is 143 cm³/mol. The lowest BCUT2D eigenvalue weighted by Crippen LogP contribution is -2.19. The number of imidazole rings is 1. The Morgan fingerprint density at radius 3 is 2.61 bits per heavy atom. The molecule has 1 aliphatic carbocycles. The Balaban J connectivity index is 1.79. The summed E-state index contributed by atoms with van der Waals surface area (Å²) in [5.41, 5.74) is 7.56. The molecule has 2 heterocycles. The molecule has 1 aliphatic rings. The van der Waals surface area contributed by atoms with Crippen molar-refractivity contribution in [2.45, 2.75) is 76.8 Å². The smallest absolute Gasteiger partial charge is 0.224 e. The number of hydrogen-bond donors (Lipinski definition) is 3. The van der Waals surface area contributed by atoms with Gasteiger partial charge in [-0.25, -0.2) is 9.97 Å². The Kier molecular flexibility index (Phi) is 8.49. The summed E-state index contributed by atoms with van der Waals surface area (Å²) >= 11 is 12.9. The molecule has 9 nitrogen and oxygen atoms in total. The fraction of sp³-hybridized carbons (Fsp3) is 0.480. The number of aromatic nitrogens is 4. The summed E-state index contributed by atoms with van der Waals surface area (Å²) in [5.74, 6) is 0.684. The minimum atomic E-state index is -0.355. The molecule has 1 atom stereocenters. The van der Waals surface area contributed by atoms with Crippen LogP contribution >= 0.6 is 23.2 Å². The fourth-order valence-electron chi connectivity index (χ4n) is 4.67. The van der Waals surface area contributed by atoms with Crippen LogP contribution in [0.3, 0.4) is 0 Å². The summed E-state index contributed by atoms with van der Waals surface area (Å²) in [6, 6.07) is 5.42. The number of unbranched alkanes of at least 4 members (excludes halogenated alkanes) is 1. The van der Waals surface area contributed by atoms with Gasteiger partial charge in [-0.1, -0.05) is 55.8 Å². The van der Waals surface area contributed by atoms with E-state index in [9.17, 15) is 10.1 Å². The van der Waals surface area contributed by atoms with Crippen molar-refractivity contribution >= 4 is 57.9 Å². The van der Waals surface area contributed by atoms with Gasteiger partial charge in [0.2, 0.25) is 17.8 Å². The van der Waals surface area contributed by atoms with E-state index < -0.39 is 0 Å². The zero-order valence-electron chi connectivity index (χ0n) is 20.2. The predicted octanol–water partition coefficient (Wildman–Crippen LogP) is 6.10. The first kappa shape index (κ1) is 26.0. The van der Waals surface area contributed by atoms with Gasteiger partial charge < -0.3 is 16.4 Å². The Morgan fingerprint density at radius 2 is 1.97 bits per heavy atom. The largest absolute Gasteiger partial charge is 0.370 e. The lowest BCUT2D eigenvalue weighted by Gasteiger charge is -2.22. The van der Waals surface area contributed by atoms with E-state index >= 15 is 0 Å². The van der Waals surface area contributed by atoms with Crippen LogP contribution in [0.1, 0.15) is 76.3 Å². The molecule has 0 radical (unpaired) electrons. The Morgan fingerprint density at radius 1 is 1.25 bits per heavy atom. The third kappa shape index (κ3) is 6.00. The number of carbonyl (C=O) groups is 1. The Bertz CT molecular complexity index is 1260. The van der Waals surface area contributed by atoms with Gasteiger partial charge in [-0.3, -0.25) is 9.36 Å². The number of primary amides is 1. The highest BCUT2D eigenvalue weighted by Gasteiger charge is 2.24. The zero-order valence-corrected chi connectivity index (χ0v) is 21.7. The molecule has 11 heteroatoms. The molecule has 4 rings (SSSR count). The molecule has 1 amide bonds. The number of nitrogens with zero attached hydrogens (tertiary/aromatic N) is 5. The van der Waals surface area contributed by atoms with Gasteiger partial charge in [0.15, 0.2) is 5.65 Å². The van der Waals surface area contributed by atoms with Crippen LogP contribution in [-0.4, -0.2) is 31.5 Å². The quantitative estimate of drug-likeness (QED) is 0.273. The average Bonchev–Trinajstić information content (AvgIpc) is 3.49. The number of nitrogens with one attached hydrogen (secondary N) is 2. The van der Waals surface area contributed by atoms with Crippen LogP contribution in [-0.2, 0) is 4.79 Å². The van der Waals surface area contributed by atoms with Crippen molar-refractivity contribution in [2.24, 2.45) is 5.73 Å². The highest BCUT2D eigenvalue weighted by Crippen LogP contribution is 2.37. The molecule has 36 heavy (non-hydrogen) atoms. The van der Waals surface area contributed by atoms with Crippen LogP contribution in [0.25, 0.3) is 11.2 Å². The van der Waals surface area contributed by atoms with Crippen LogP contribution in [0.15, 0.2) is 18.3 Å². The van der Waals surface area contributed by atoms with Crippen molar-refractivity contribution in [3.63, 3.8) is 0 Å². The molecule has 4 N–H and O–H groups in total. The third-order valence-corrected chi connectivity index (χ3v) is 7.11. The number of amides is 1. The van der Waals surface area contributed by atoms with E-state index in [1.807, 2.05) is 4.57 Å². The third-order valence-electron chi connectivity index (χ3n) is 6.51. The SMILES string of the molecule is CCCC[C@@H](CCC(N)=O)n1c(Nc2c(Cl)cc(C#N)cc2Cl)nc2cnc(NC3CCCC3)nc21. The van der Waals surface area contributed by atoms with Gasteiger partial charge in [0.05, 0.1) is 33.6 Å². The summed E-state index contributed by atoms with van der Waals surface area (Å²) in [5, 5.41) is 16.5. The summed E-state index contributed by atoms with van der Waals surface area (Å²) in [4.78, 5) is 25.8. The molecule has 0 unspecified atom stereocenters. The van der Waals surface area contributed by atoms with E-state index in [1.165, 1.54) is 12.8 Å². The number of halogens is 2. The summed E-state index contributed by atoms with van der Waals surface area (Å²) < 4.78 is 2.00. The van der Waals surface area contributed by atoms with Gasteiger partial charge in [-0.15, -0.1) is 0 Å². The molecule has 0 saturated heterocycles. The summed E-state index contributed by atoms with van der Waals surface area (Å²) in [6.07, 6.45) is 9.85. The maximum atomic E-state index is 11.7. The molecule has 3 aromatic rings. The number of carbonyl (C=O) groups excluding carboxylic acids is 1. The molecule has 0 spiro atoms. The molecule has 1 saturated carbocycles. The first-order chi connectivity index (χ1) is 17.4. The van der Waals surface area contributed by atoms with E-state index in [0.29, 0.717) is 56.8 Å². The highest BCUT2D eigenvalue weighted by atomic mass is 35.5. The summed E-state index contributed by atoms with van der Waals surface area (Å²) in [6.45, 7) is 2.12. The number of fused-ring (bicyclic) bond motifs is 1. The number of benzene rings is 1. The second kappa shape index (κ2) is 11.8. The van der Waals surface area contributed by atoms with Gasteiger partial charge in [-0.2, -0.15) is 10.2 Å². The van der Waals surface area contributed by atoms with Crippen LogP contribution in [0.5, 0.6) is 0 Å². The lowest BCUT2D eigenvalue weighted by atomic mass is 10.0. The second-order valence-electron chi connectivity index (χ2n) is 9.19. The van der Waals surface area contributed by atoms with Gasteiger partial charge in [-0.05, 0) is 37.8 Å². The lowest BCUT2D eigenvalue weighted by molar-refractivity contribution is -0.118. The van der Waals surface area contributed by atoms with E-state index in [4.69, 9.17) is 38.9 Å². The molecular weight excluding hydrogens is 499 g/mol. The molecule has 0 aliphatic heterocycles.